The molecule has 0 bridgehead atoms. The number of nitrogens with one attached hydrogen (secondary N) is 1. The number of hydrogen-bond donors (Lipinski definition) is 2. The molecule has 1 aliphatic carbocycles. The predicted octanol–water partition coefficient (Wildman–Crippen LogP) is 7.10. The third-order valence-electron chi connectivity index (χ3n) is 6.88. The van der Waals surface area contributed by atoms with E-state index >= 15 is 0 Å². The second-order valence-electron chi connectivity index (χ2n) is 10.9. The Kier molecular flexibility index (Phi) is 13.8. The standard InChI is InChI=1S/C29H41NO2.C4H8O/c1-5-6-7-12-24-13-10-11-16-28(24)22(2)32-21-27(31)20-30-29(3,4)19-23-17-25-14-8-9-15-26(25)18-23;1-2-3-4-5/h7-16,22-23,27,30-31H,5-6,17-21H2,1-4H3;4H,2-3H2,1H3/b12-7+;. The summed E-state index contributed by atoms with van der Waals surface area (Å²) in [4.78, 5) is 9.40. The van der Waals surface area contributed by atoms with Crippen molar-refractivity contribution in [3.05, 3.63) is 76.9 Å². The van der Waals surface area contributed by atoms with Gasteiger partial charge >= 0.3 is 0 Å². The van der Waals surface area contributed by atoms with Gasteiger partial charge in [0.25, 0.3) is 0 Å². The molecule has 0 radical (unpaired) electrons. The van der Waals surface area contributed by atoms with Crippen LogP contribution in [0.15, 0.2) is 54.6 Å². The highest BCUT2D eigenvalue weighted by Crippen LogP contribution is 2.32. The van der Waals surface area contributed by atoms with Gasteiger partial charge in [-0.2, -0.15) is 0 Å². The number of rotatable bonds is 14. The van der Waals surface area contributed by atoms with Crippen LogP contribution < -0.4 is 5.32 Å². The normalized spacial score (nSPS) is 15.2. The van der Waals surface area contributed by atoms with Crippen LogP contribution >= 0.6 is 0 Å². The van der Waals surface area contributed by atoms with E-state index in [1.807, 2.05) is 13.0 Å². The first-order valence-corrected chi connectivity index (χ1v) is 14.1. The minimum Gasteiger partial charge on any atom is -0.389 e. The number of hydrogen-bond acceptors (Lipinski definition) is 4. The fraction of sp³-hybridized carbons (Fsp3) is 0.545. The fourth-order valence-electron chi connectivity index (χ4n) is 4.91. The van der Waals surface area contributed by atoms with Gasteiger partial charge < -0.3 is 20.0 Å². The largest absolute Gasteiger partial charge is 0.389 e. The zero-order chi connectivity index (χ0) is 27.1. The fourth-order valence-corrected chi connectivity index (χ4v) is 4.91. The number of unbranched alkanes of at least 4 members (excludes halogenated alkanes) is 2. The smallest absolute Gasteiger partial charge is 0.119 e. The van der Waals surface area contributed by atoms with Crippen LogP contribution in [-0.4, -0.2) is 36.2 Å². The highest BCUT2D eigenvalue weighted by atomic mass is 16.5. The zero-order valence-electron chi connectivity index (χ0n) is 23.7. The van der Waals surface area contributed by atoms with Crippen LogP contribution in [0.25, 0.3) is 6.08 Å². The molecule has 0 fully saturated rings. The van der Waals surface area contributed by atoms with Crippen LogP contribution in [0.1, 0.15) is 95.1 Å². The molecule has 0 aromatic heterocycles. The maximum absolute atomic E-state index is 10.6. The van der Waals surface area contributed by atoms with Crippen molar-refractivity contribution in [2.75, 3.05) is 13.2 Å². The van der Waals surface area contributed by atoms with E-state index in [0.717, 1.165) is 44.8 Å². The van der Waals surface area contributed by atoms with Gasteiger partial charge in [0.05, 0.1) is 18.8 Å². The van der Waals surface area contributed by atoms with Gasteiger partial charge in [0.1, 0.15) is 6.29 Å². The van der Waals surface area contributed by atoms with E-state index in [2.05, 4.69) is 87.6 Å². The van der Waals surface area contributed by atoms with Crippen molar-refractivity contribution in [3.8, 4) is 0 Å². The molecular formula is C33H49NO3. The number of carbonyl (C=O) groups excluding carboxylic acids is 1. The molecule has 2 unspecified atom stereocenters. The van der Waals surface area contributed by atoms with E-state index in [-0.39, 0.29) is 11.6 Å². The van der Waals surface area contributed by atoms with Gasteiger partial charge in [-0.1, -0.05) is 81.0 Å². The Morgan fingerprint density at radius 2 is 1.65 bits per heavy atom. The highest BCUT2D eigenvalue weighted by molar-refractivity contribution is 5.54. The predicted molar refractivity (Wildman–Crippen MR) is 156 cm³/mol. The lowest BCUT2D eigenvalue weighted by Crippen LogP contribution is -2.45. The van der Waals surface area contributed by atoms with Crippen molar-refractivity contribution in [1.82, 2.24) is 5.32 Å². The number of fused-ring (bicyclic) bond motifs is 1. The number of ether oxygens (including phenoxy) is 1. The van der Waals surface area contributed by atoms with Gasteiger partial charge in [-0.15, -0.1) is 0 Å². The SMILES string of the molecule is CCC/C=C/c1ccccc1C(C)OCC(O)CNC(C)(C)CC1Cc2ccccc2C1.CCCC=O. The molecule has 0 heterocycles. The molecule has 4 heteroatoms. The Balaban J connectivity index is 0.000000877. The molecule has 3 rings (SSSR count). The number of benzene rings is 2. The second kappa shape index (κ2) is 16.5. The van der Waals surface area contributed by atoms with Gasteiger partial charge in [-0.05, 0) is 81.0 Å². The Morgan fingerprint density at radius 1 is 1.03 bits per heavy atom. The monoisotopic (exact) mass is 507 g/mol. The number of aldehydes is 1. The Morgan fingerprint density at radius 3 is 2.24 bits per heavy atom. The van der Waals surface area contributed by atoms with Crippen LogP contribution in [0, 0.1) is 5.92 Å². The van der Waals surface area contributed by atoms with Gasteiger partial charge in [0.15, 0.2) is 0 Å². The molecule has 2 aromatic rings. The van der Waals surface area contributed by atoms with Crippen LogP contribution in [0.2, 0.25) is 0 Å². The molecule has 2 aromatic carbocycles. The second-order valence-corrected chi connectivity index (χ2v) is 10.9. The summed E-state index contributed by atoms with van der Waals surface area (Å²) in [6.07, 6.45) is 12.1. The van der Waals surface area contributed by atoms with Crippen molar-refractivity contribution < 1.29 is 14.6 Å². The average Bonchev–Trinajstić information content (AvgIpc) is 3.29. The minimum atomic E-state index is -0.528. The molecule has 0 saturated heterocycles. The molecule has 37 heavy (non-hydrogen) atoms. The number of carbonyl (C=O) groups is 1. The quantitative estimate of drug-likeness (QED) is 0.268. The highest BCUT2D eigenvalue weighted by Gasteiger charge is 2.28. The minimum absolute atomic E-state index is 0.0179. The molecular weight excluding hydrogens is 458 g/mol. The van der Waals surface area contributed by atoms with Crippen molar-refractivity contribution >= 4 is 12.4 Å². The molecule has 204 valence electrons. The van der Waals surface area contributed by atoms with E-state index in [9.17, 15) is 9.90 Å². The zero-order valence-corrected chi connectivity index (χ0v) is 23.7. The molecule has 0 spiro atoms. The molecule has 1 aliphatic rings. The van der Waals surface area contributed by atoms with E-state index in [4.69, 9.17) is 4.74 Å². The summed E-state index contributed by atoms with van der Waals surface area (Å²) in [5.41, 5.74) is 5.35. The average molecular weight is 508 g/mol. The Hall–Kier alpha value is -2.27. The first-order valence-electron chi connectivity index (χ1n) is 14.1. The maximum atomic E-state index is 10.6. The number of β-amino-alcohol motifs (C(OH)–C–C–N with tert-alkyl or cyclic N) is 1. The van der Waals surface area contributed by atoms with Gasteiger partial charge in [0, 0.05) is 18.5 Å². The maximum Gasteiger partial charge on any atom is 0.119 e. The van der Waals surface area contributed by atoms with Crippen molar-refractivity contribution in [1.29, 1.82) is 0 Å². The topological polar surface area (TPSA) is 58.6 Å². The molecule has 4 nitrogen and oxygen atoms in total. The van der Waals surface area contributed by atoms with Crippen molar-refractivity contribution in [2.45, 2.75) is 97.3 Å². The third-order valence-corrected chi connectivity index (χ3v) is 6.88. The lowest BCUT2D eigenvalue weighted by Gasteiger charge is -2.31. The lowest BCUT2D eigenvalue weighted by atomic mass is 9.88. The summed E-state index contributed by atoms with van der Waals surface area (Å²) in [6, 6.07) is 17.2. The van der Waals surface area contributed by atoms with Gasteiger partial charge in [0.2, 0.25) is 0 Å². The van der Waals surface area contributed by atoms with E-state index in [0.29, 0.717) is 25.5 Å². The number of aliphatic hydroxyl groups excluding tert-OH is 1. The first kappa shape index (κ1) is 31.0. The third kappa shape index (κ3) is 11.3. The van der Waals surface area contributed by atoms with Crippen molar-refractivity contribution in [2.24, 2.45) is 5.92 Å². The van der Waals surface area contributed by atoms with E-state index < -0.39 is 6.10 Å². The van der Waals surface area contributed by atoms with Crippen LogP contribution in [0.4, 0.5) is 0 Å². The molecule has 2 N–H and O–H groups in total. The van der Waals surface area contributed by atoms with Crippen LogP contribution in [0.5, 0.6) is 0 Å². The molecule has 0 amide bonds. The van der Waals surface area contributed by atoms with E-state index in [1.165, 1.54) is 22.3 Å². The van der Waals surface area contributed by atoms with Gasteiger partial charge in [-0.25, -0.2) is 0 Å². The van der Waals surface area contributed by atoms with E-state index in [1.54, 1.807) is 0 Å². The molecule has 0 aliphatic heterocycles. The number of aliphatic hydroxyl groups is 1. The van der Waals surface area contributed by atoms with Crippen LogP contribution in [-0.2, 0) is 22.4 Å². The van der Waals surface area contributed by atoms with Crippen LogP contribution in [0.3, 0.4) is 0 Å². The summed E-state index contributed by atoms with van der Waals surface area (Å²) in [6.45, 7) is 11.6. The van der Waals surface area contributed by atoms with Crippen molar-refractivity contribution in [3.63, 3.8) is 0 Å². The van der Waals surface area contributed by atoms with Gasteiger partial charge in [-0.3, -0.25) is 0 Å². The summed E-state index contributed by atoms with van der Waals surface area (Å²) in [7, 11) is 0. The Bertz CT molecular complexity index is 927. The lowest BCUT2D eigenvalue weighted by molar-refractivity contribution is -0.107. The first-order chi connectivity index (χ1) is 17.8. The summed E-state index contributed by atoms with van der Waals surface area (Å²) in [5, 5.41) is 14.1. The summed E-state index contributed by atoms with van der Waals surface area (Å²) in [5.74, 6) is 0.667. The summed E-state index contributed by atoms with van der Waals surface area (Å²) >= 11 is 0. The number of allylic oxidation sites excluding steroid dienone is 1. The molecule has 2 atom stereocenters. The summed E-state index contributed by atoms with van der Waals surface area (Å²) < 4.78 is 6.05. The molecule has 0 saturated carbocycles. The Labute approximate surface area is 225 Å².